The molecule has 0 spiro atoms. The van der Waals surface area contributed by atoms with Gasteiger partial charge in [0.05, 0.1) is 25.3 Å². The molecular formula is C28H28N6O6. The van der Waals surface area contributed by atoms with E-state index in [1.807, 2.05) is 13.0 Å². The molecule has 0 aliphatic carbocycles. The monoisotopic (exact) mass is 544 g/mol. The van der Waals surface area contributed by atoms with Gasteiger partial charge in [0.2, 0.25) is 17.6 Å². The molecule has 0 saturated carbocycles. The number of aromatic nitrogens is 6. The summed E-state index contributed by atoms with van der Waals surface area (Å²) in [7, 11) is 3.06. The lowest BCUT2D eigenvalue weighted by molar-refractivity contribution is 0.373. The van der Waals surface area contributed by atoms with Crippen LogP contribution in [0.4, 0.5) is 0 Å². The van der Waals surface area contributed by atoms with E-state index in [2.05, 4.69) is 30.3 Å². The van der Waals surface area contributed by atoms with Crippen LogP contribution in [0.5, 0.6) is 17.2 Å². The van der Waals surface area contributed by atoms with Crippen molar-refractivity contribution in [2.75, 3.05) is 14.2 Å². The van der Waals surface area contributed by atoms with Crippen molar-refractivity contribution in [3.63, 3.8) is 0 Å². The van der Waals surface area contributed by atoms with Gasteiger partial charge in [-0.1, -0.05) is 30.6 Å². The number of hydrogen-bond donors (Lipinski definition) is 2. The van der Waals surface area contributed by atoms with Crippen LogP contribution in [0, 0.1) is 0 Å². The molecule has 0 unspecified atom stereocenters. The predicted molar refractivity (Wildman–Crippen MR) is 144 cm³/mol. The summed E-state index contributed by atoms with van der Waals surface area (Å²) >= 11 is 0. The molecule has 0 radical (unpaired) electrons. The first-order chi connectivity index (χ1) is 19.5. The quantitative estimate of drug-likeness (QED) is 0.242. The first-order valence-electron chi connectivity index (χ1n) is 12.8. The number of nitrogens with one attached hydrogen (secondary N) is 1. The summed E-state index contributed by atoms with van der Waals surface area (Å²) in [5.41, 5.74) is 1.34. The molecule has 0 atom stereocenters. The number of methoxy groups -OCH3 is 2. The third-order valence-electron chi connectivity index (χ3n) is 6.32. The van der Waals surface area contributed by atoms with Crippen molar-refractivity contribution in [2.45, 2.75) is 39.0 Å². The largest absolute Gasteiger partial charge is 0.506 e. The van der Waals surface area contributed by atoms with Crippen molar-refractivity contribution in [1.29, 1.82) is 0 Å². The van der Waals surface area contributed by atoms with Crippen LogP contribution >= 0.6 is 0 Å². The summed E-state index contributed by atoms with van der Waals surface area (Å²) in [4.78, 5) is 24.7. The molecule has 4 heterocycles. The van der Waals surface area contributed by atoms with Gasteiger partial charge in [0.25, 0.3) is 11.4 Å². The fourth-order valence-electron chi connectivity index (χ4n) is 4.37. The minimum atomic E-state index is -0.548. The third kappa shape index (κ3) is 5.28. The van der Waals surface area contributed by atoms with E-state index < -0.39 is 5.56 Å². The molecule has 206 valence electrons. The van der Waals surface area contributed by atoms with Crippen molar-refractivity contribution >= 4 is 0 Å². The van der Waals surface area contributed by atoms with Gasteiger partial charge in [0, 0.05) is 24.7 Å². The fraction of sp³-hybridized carbons (Fsp3) is 0.286. The normalized spacial score (nSPS) is 11.1. The minimum absolute atomic E-state index is 0.120. The molecule has 12 nitrogen and oxygen atoms in total. The van der Waals surface area contributed by atoms with Crippen LogP contribution in [0.1, 0.15) is 37.2 Å². The first-order valence-corrected chi connectivity index (χ1v) is 12.8. The summed E-state index contributed by atoms with van der Waals surface area (Å²) in [5, 5.41) is 23.6. The summed E-state index contributed by atoms with van der Waals surface area (Å²) in [6.45, 7) is 2.04. The molecule has 0 saturated heterocycles. The number of H-pyrrole nitrogens is 1. The van der Waals surface area contributed by atoms with Crippen molar-refractivity contribution < 1.29 is 23.5 Å². The van der Waals surface area contributed by atoms with Gasteiger partial charge in [-0.05, 0) is 37.1 Å². The lowest BCUT2D eigenvalue weighted by Crippen LogP contribution is -2.14. The van der Waals surface area contributed by atoms with Gasteiger partial charge < -0.3 is 28.5 Å². The number of aryl methyl sites for hydroxylation is 3. The Kier molecular flexibility index (Phi) is 7.85. The number of aromatic amines is 1. The summed E-state index contributed by atoms with van der Waals surface area (Å²) < 4.78 is 22.3. The van der Waals surface area contributed by atoms with E-state index in [9.17, 15) is 9.90 Å². The third-order valence-corrected chi connectivity index (χ3v) is 6.32. The summed E-state index contributed by atoms with van der Waals surface area (Å²) in [6, 6.07) is 10.7. The summed E-state index contributed by atoms with van der Waals surface area (Å²) in [5.74, 6) is 1.50. The Morgan fingerprint density at radius 3 is 2.40 bits per heavy atom. The maximum atomic E-state index is 13.2. The Bertz CT molecular complexity index is 1640. The van der Waals surface area contributed by atoms with E-state index in [1.165, 1.54) is 14.2 Å². The molecule has 12 heteroatoms. The lowest BCUT2D eigenvalue weighted by Gasteiger charge is -2.18. The van der Waals surface area contributed by atoms with E-state index in [-0.39, 0.29) is 29.5 Å². The molecular weight excluding hydrogens is 516 g/mol. The minimum Gasteiger partial charge on any atom is -0.506 e. The maximum Gasteiger partial charge on any atom is 0.264 e. The highest BCUT2D eigenvalue weighted by atomic mass is 16.5. The van der Waals surface area contributed by atoms with Gasteiger partial charge in [-0.25, -0.2) is 0 Å². The second kappa shape index (κ2) is 11.8. The number of ether oxygens (including phenoxy) is 2. The average molecular weight is 545 g/mol. The van der Waals surface area contributed by atoms with Crippen LogP contribution < -0.4 is 15.0 Å². The first kappa shape index (κ1) is 26.6. The zero-order chi connectivity index (χ0) is 28.1. The number of unbranched alkanes of at least 4 members (excludes halogenated alkanes) is 1. The fourth-order valence-corrected chi connectivity index (χ4v) is 4.37. The molecule has 40 heavy (non-hydrogen) atoms. The Hall–Kier alpha value is -5.00. The Morgan fingerprint density at radius 2 is 1.70 bits per heavy atom. The van der Waals surface area contributed by atoms with Crippen molar-refractivity contribution in [2.24, 2.45) is 0 Å². The molecule has 2 N–H and O–H groups in total. The van der Waals surface area contributed by atoms with E-state index in [0.29, 0.717) is 58.6 Å². The molecule has 5 aromatic rings. The SMILES string of the molecule is CCCCc1[nH]c(=O)c(-c2nnc(CCc3nc(-c4ccccn4)no3)o2)c(O)c1-c1c(OC)cccc1OC. The van der Waals surface area contributed by atoms with Crippen LogP contribution in [-0.2, 0) is 19.3 Å². The van der Waals surface area contributed by atoms with Gasteiger partial charge in [0.1, 0.15) is 28.5 Å². The smallest absolute Gasteiger partial charge is 0.264 e. The Morgan fingerprint density at radius 1 is 0.925 bits per heavy atom. The zero-order valence-corrected chi connectivity index (χ0v) is 22.3. The number of pyridine rings is 2. The number of hydrogen-bond acceptors (Lipinski definition) is 11. The highest BCUT2D eigenvalue weighted by Crippen LogP contribution is 2.46. The van der Waals surface area contributed by atoms with Gasteiger partial charge >= 0.3 is 0 Å². The molecule has 1 aromatic carbocycles. The van der Waals surface area contributed by atoms with Gasteiger partial charge in [-0.3, -0.25) is 9.78 Å². The molecule has 0 fully saturated rings. The molecule has 5 rings (SSSR count). The highest BCUT2D eigenvalue weighted by molar-refractivity contribution is 5.86. The number of aromatic hydroxyl groups is 1. The van der Waals surface area contributed by atoms with Crippen LogP contribution in [0.3, 0.4) is 0 Å². The second-order valence-electron chi connectivity index (χ2n) is 8.90. The van der Waals surface area contributed by atoms with Crippen LogP contribution in [-0.4, -0.2) is 49.6 Å². The molecule has 0 aliphatic heterocycles. The van der Waals surface area contributed by atoms with Gasteiger partial charge in [-0.15, -0.1) is 10.2 Å². The van der Waals surface area contributed by atoms with E-state index in [4.69, 9.17) is 18.4 Å². The summed E-state index contributed by atoms with van der Waals surface area (Å²) in [6.07, 6.45) is 4.45. The van der Waals surface area contributed by atoms with Crippen LogP contribution in [0.2, 0.25) is 0 Å². The number of nitrogens with zero attached hydrogens (tertiary/aromatic N) is 5. The lowest BCUT2D eigenvalue weighted by atomic mass is 9.96. The van der Waals surface area contributed by atoms with Crippen molar-refractivity contribution in [3.8, 4) is 51.3 Å². The standard InChI is InChI=1S/C28H28N6O6/c1-4-5-9-16-22(23-18(37-2)11-8-12-19(23)38-3)25(35)24(27(36)30-16)28-33-32-21(39-28)14-13-20-31-26(34-40-20)17-10-6-7-15-29-17/h6-8,10-12,15H,4-5,9,13-14H2,1-3H3,(H2,30,35,36). The van der Waals surface area contributed by atoms with Gasteiger partial charge in [0.15, 0.2) is 0 Å². The van der Waals surface area contributed by atoms with Crippen LogP contribution in [0.15, 0.2) is 56.3 Å². The van der Waals surface area contributed by atoms with Crippen LogP contribution in [0.25, 0.3) is 34.1 Å². The molecule has 0 amide bonds. The second-order valence-corrected chi connectivity index (χ2v) is 8.90. The van der Waals surface area contributed by atoms with E-state index in [1.54, 1.807) is 36.5 Å². The average Bonchev–Trinajstić information content (AvgIpc) is 3.65. The van der Waals surface area contributed by atoms with E-state index in [0.717, 1.165) is 12.8 Å². The number of benzene rings is 1. The number of rotatable bonds is 11. The van der Waals surface area contributed by atoms with Crippen molar-refractivity contribution in [3.05, 3.63) is 70.4 Å². The van der Waals surface area contributed by atoms with E-state index >= 15 is 0 Å². The maximum absolute atomic E-state index is 13.2. The highest BCUT2D eigenvalue weighted by Gasteiger charge is 2.27. The van der Waals surface area contributed by atoms with Crippen molar-refractivity contribution in [1.82, 2.24) is 30.3 Å². The van der Waals surface area contributed by atoms with Gasteiger partial charge in [-0.2, -0.15) is 4.98 Å². The zero-order valence-electron chi connectivity index (χ0n) is 22.3. The predicted octanol–water partition coefficient (Wildman–Crippen LogP) is 4.39. The molecule has 4 aromatic heterocycles. The Balaban J connectivity index is 1.48. The Labute approximate surface area is 229 Å². The molecule has 0 bridgehead atoms. The topological polar surface area (TPSA) is 162 Å². The molecule has 0 aliphatic rings.